The Hall–Kier alpha value is -1.26. The number of carbonyl (C=O) groups is 1. The molecule has 4 nitrogen and oxygen atoms in total. The number of benzene rings is 1. The minimum absolute atomic E-state index is 0.308. The highest BCUT2D eigenvalue weighted by molar-refractivity contribution is 6.30. The zero-order valence-electron chi connectivity index (χ0n) is 11.4. The largest absolute Gasteiger partial charge is 0.478 e. The molecule has 106 valence electrons. The van der Waals surface area contributed by atoms with Crippen LogP contribution in [0.5, 0.6) is 5.75 Å². The van der Waals surface area contributed by atoms with Gasteiger partial charge in [0.05, 0.1) is 12.7 Å². The Bertz CT molecular complexity index is 431. The lowest BCUT2D eigenvalue weighted by Crippen LogP contribution is -2.29. The molecular weight excluding hydrogens is 268 g/mol. The van der Waals surface area contributed by atoms with E-state index in [1.165, 1.54) is 0 Å². The zero-order valence-corrected chi connectivity index (χ0v) is 12.1. The third kappa shape index (κ3) is 4.40. The summed E-state index contributed by atoms with van der Waals surface area (Å²) in [5.41, 5.74) is 0.551. The number of halogens is 1. The van der Waals surface area contributed by atoms with Gasteiger partial charge in [0.1, 0.15) is 5.75 Å². The first-order chi connectivity index (χ1) is 8.99. The van der Waals surface area contributed by atoms with E-state index < -0.39 is 18.2 Å². The minimum atomic E-state index is -0.728. The Balaban J connectivity index is 2.93. The van der Waals surface area contributed by atoms with Gasteiger partial charge in [-0.2, -0.15) is 0 Å². The molecule has 5 heteroatoms. The monoisotopic (exact) mass is 286 g/mol. The smallest absolute Gasteiger partial charge is 0.347 e. The van der Waals surface area contributed by atoms with E-state index in [1.807, 2.05) is 6.92 Å². The van der Waals surface area contributed by atoms with Gasteiger partial charge in [0.2, 0.25) is 0 Å². The second-order valence-corrected chi connectivity index (χ2v) is 4.56. The molecule has 0 spiro atoms. The molecule has 0 radical (unpaired) electrons. The lowest BCUT2D eigenvalue weighted by molar-refractivity contribution is -0.151. The summed E-state index contributed by atoms with van der Waals surface area (Å²) in [7, 11) is 0. The molecule has 0 fully saturated rings. The van der Waals surface area contributed by atoms with E-state index in [2.05, 4.69) is 0 Å². The highest BCUT2D eigenvalue weighted by Gasteiger charge is 2.21. The van der Waals surface area contributed by atoms with Crippen LogP contribution in [-0.4, -0.2) is 23.8 Å². The summed E-state index contributed by atoms with van der Waals surface area (Å²) in [6, 6.07) is 4.92. The van der Waals surface area contributed by atoms with Crippen molar-refractivity contribution in [3.63, 3.8) is 0 Å². The number of aliphatic hydroxyl groups is 1. The van der Waals surface area contributed by atoms with Crippen LogP contribution in [0.4, 0.5) is 0 Å². The number of aliphatic hydroxyl groups excluding tert-OH is 1. The third-order valence-electron chi connectivity index (χ3n) is 2.61. The molecule has 1 aromatic carbocycles. The maximum absolute atomic E-state index is 11.7. The molecule has 1 aromatic rings. The van der Waals surface area contributed by atoms with Gasteiger partial charge in [0.25, 0.3) is 0 Å². The number of ether oxygens (including phenoxy) is 2. The average molecular weight is 287 g/mol. The maximum Gasteiger partial charge on any atom is 0.347 e. The number of rotatable bonds is 6. The summed E-state index contributed by atoms with van der Waals surface area (Å²) in [6.07, 6.45) is -0.923. The van der Waals surface area contributed by atoms with Gasteiger partial charge in [-0.15, -0.1) is 0 Å². The normalized spacial score (nSPS) is 13.7. The second kappa shape index (κ2) is 7.36. The van der Waals surface area contributed by atoms with Crippen LogP contribution < -0.4 is 4.74 Å². The number of esters is 1. The highest BCUT2D eigenvalue weighted by Crippen LogP contribution is 2.29. The predicted octanol–water partition coefficient (Wildman–Crippen LogP) is 3.11. The Kier molecular flexibility index (Phi) is 6.12. The summed E-state index contributed by atoms with van der Waals surface area (Å²) in [5.74, 6) is 0.0378. The summed E-state index contributed by atoms with van der Waals surface area (Å²) >= 11 is 5.89. The molecule has 0 amide bonds. The van der Waals surface area contributed by atoms with Gasteiger partial charge in [-0.3, -0.25) is 0 Å². The van der Waals surface area contributed by atoms with Crippen LogP contribution >= 0.6 is 11.6 Å². The van der Waals surface area contributed by atoms with Gasteiger partial charge in [-0.1, -0.05) is 18.5 Å². The molecule has 2 atom stereocenters. The summed E-state index contributed by atoms with van der Waals surface area (Å²) in [4.78, 5) is 11.7. The molecular formula is C14H19ClO4. The fourth-order valence-corrected chi connectivity index (χ4v) is 1.82. The van der Waals surface area contributed by atoms with Crippen LogP contribution in [0.3, 0.4) is 0 Å². The number of hydrogen-bond donors (Lipinski definition) is 1. The highest BCUT2D eigenvalue weighted by atomic mass is 35.5. The van der Waals surface area contributed by atoms with Crippen LogP contribution in [0.1, 0.15) is 38.9 Å². The van der Waals surface area contributed by atoms with Crippen molar-refractivity contribution in [3.05, 3.63) is 28.8 Å². The average Bonchev–Trinajstić information content (AvgIpc) is 2.37. The minimum Gasteiger partial charge on any atom is -0.478 e. The van der Waals surface area contributed by atoms with Gasteiger partial charge >= 0.3 is 5.97 Å². The number of hydrogen-bond acceptors (Lipinski definition) is 4. The van der Waals surface area contributed by atoms with Crippen molar-refractivity contribution < 1.29 is 19.4 Å². The van der Waals surface area contributed by atoms with Gasteiger partial charge in [-0.25, -0.2) is 4.79 Å². The Morgan fingerprint density at radius 2 is 2.11 bits per heavy atom. The first-order valence-corrected chi connectivity index (χ1v) is 6.68. The van der Waals surface area contributed by atoms with Crippen LogP contribution in [0.2, 0.25) is 5.02 Å². The molecule has 0 aliphatic heterocycles. The molecule has 0 heterocycles. The first kappa shape index (κ1) is 15.8. The molecule has 19 heavy (non-hydrogen) atoms. The molecule has 1 N–H and O–H groups in total. The van der Waals surface area contributed by atoms with E-state index in [-0.39, 0.29) is 0 Å². The van der Waals surface area contributed by atoms with Crippen molar-refractivity contribution in [2.45, 2.75) is 39.4 Å². The Morgan fingerprint density at radius 1 is 1.42 bits per heavy atom. The molecule has 0 aromatic heterocycles. The molecule has 0 aliphatic carbocycles. The standard InChI is InChI=1S/C14H19ClO4/c1-4-12(14(17)18-5-2)19-13-7-6-10(15)8-11(13)9(3)16/h6-9,12,16H,4-5H2,1-3H3. The fourth-order valence-electron chi connectivity index (χ4n) is 1.64. The van der Waals surface area contributed by atoms with Crippen LogP contribution in [0.25, 0.3) is 0 Å². The van der Waals surface area contributed by atoms with Gasteiger partial charge < -0.3 is 14.6 Å². The fraction of sp³-hybridized carbons (Fsp3) is 0.500. The van der Waals surface area contributed by atoms with Crippen LogP contribution in [-0.2, 0) is 9.53 Å². The molecule has 2 unspecified atom stereocenters. The van der Waals surface area contributed by atoms with E-state index in [0.29, 0.717) is 29.4 Å². The third-order valence-corrected chi connectivity index (χ3v) is 2.85. The van der Waals surface area contributed by atoms with Crippen LogP contribution in [0, 0.1) is 0 Å². The summed E-state index contributed by atoms with van der Waals surface area (Å²) in [5, 5.41) is 10.2. The van der Waals surface area contributed by atoms with E-state index >= 15 is 0 Å². The quantitative estimate of drug-likeness (QED) is 0.817. The molecule has 0 saturated carbocycles. The van der Waals surface area contributed by atoms with Crippen molar-refractivity contribution in [1.29, 1.82) is 0 Å². The second-order valence-electron chi connectivity index (χ2n) is 4.12. The lowest BCUT2D eigenvalue weighted by atomic mass is 10.1. The Labute approximate surface area is 118 Å². The predicted molar refractivity (Wildman–Crippen MR) is 73.4 cm³/mol. The van der Waals surface area contributed by atoms with Crippen molar-refractivity contribution in [2.24, 2.45) is 0 Å². The van der Waals surface area contributed by atoms with E-state index in [4.69, 9.17) is 21.1 Å². The Morgan fingerprint density at radius 3 is 2.63 bits per heavy atom. The van der Waals surface area contributed by atoms with Crippen molar-refractivity contribution in [3.8, 4) is 5.75 Å². The van der Waals surface area contributed by atoms with E-state index in [9.17, 15) is 9.90 Å². The van der Waals surface area contributed by atoms with Gasteiger partial charge in [0.15, 0.2) is 6.10 Å². The van der Waals surface area contributed by atoms with Crippen molar-refractivity contribution in [1.82, 2.24) is 0 Å². The topological polar surface area (TPSA) is 55.8 Å². The van der Waals surface area contributed by atoms with E-state index in [1.54, 1.807) is 32.0 Å². The SMILES string of the molecule is CCOC(=O)C(CC)Oc1ccc(Cl)cc1C(C)O. The summed E-state index contributed by atoms with van der Waals surface area (Å²) in [6.45, 7) is 5.50. The molecule has 0 aliphatic rings. The van der Waals surface area contributed by atoms with Crippen molar-refractivity contribution >= 4 is 17.6 Å². The maximum atomic E-state index is 11.7. The van der Waals surface area contributed by atoms with Crippen LogP contribution in [0.15, 0.2) is 18.2 Å². The van der Waals surface area contributed by atoms with Gasteiger partial charge in [-0.05, 0) is 38.5 Å². The van der Waals surface area contributed by atoms with E-state index in [0.717, 1.165) is 0 Å². The molecule has 1 rings (SSSR count). The van der Waals surface area contributed by atoms with Gasteiger partial charge in [0, 0.05) is 10.6 Å². The first-order valence-electron chi connectivity index (χ1n) is 6.30. The molecule has 0 bridgehead atoms. The molecule has 0 saturated heterocycles. The summed E-state index contributed by atoms with van der Waals surface area (Å²) < 4.78 is 10.6. The number of carbonyl (C=O) groups excluding carboxylic acids is 1. The zero-order chi connectivity index (χ0) is 14.4. The van der Waals surface area contributed by atoms with Crippen molar-refractivity contribution in [2.75, 3.05) is 6.61 Å². The lowest BCUT2D eigenvalue weighted by Gasteiger charge is -2.19.